The van der Waals surface area contributed by atoms with Crippen LogP contribution in [0.15, 0.2) is 0 Å². The molecule has 0 bridgehead atoms. The molecular formula is C11H22N2O2. The zero-order valence-electron chi connectivity index (χ0n) is 9.58. The zero-order chi connectivity index (χ0) is 11.1. The molecule has 0 aromatic carbocycles. The Morgan fingerprint density at radius 3 is 2.87 bits per heavy atom. The molecule has 1 fully saturated rings. The van der Waals surface area contributed by atoms with Crippen molar-refractivity contribution in [2.45, 2.75) is 38.7 Å². The second-order valence-electron chi connectivity index (χ2n) is 3.92. The number of rotatable bonds is 6. The lowest BCUT2D eigenvalue weighted by Gasteiger charge is -2.23. The van der Waals surface area contributed by atoms with E-state index < -0.39 is 0 Å². The average Bonchev–Trinajstić information content (AvgIpc) is 2.77. The zero-order valence-corrected chi connectivity index (χ0v) is 9.58. The van der Waals surface area contributed by atoms with E-state index in [0.717, 1.165) is 45.4 Å². The molecular weight excluding hydrogens is 192 g/mol. The average molecular weight is 214 g/mol. The lowest BCUT2D eigenvalue weighted by atomic mass is 10.2. The summed E-state index contributed by atoms with van der Waals surface area (Å²) < 4.78 is 5.39. The van der Waals surface area contributed by atoms with Gasteiger partial charge in [0, 0.05) is 19.7 Å². The normalized spacial score (nSPS) is 20.5. The molecule has 1 rings (SSSR count). The third-order valence-electron chi connectivity index (χ3n) is 2.78. The smallest absolute Gasteiger partial charge is 0.251 e. The van der Waals surface area contributed by atoms with Crippen LogP contribution in [-0.4, -0.2) is 43.2 Å². The topological polar surface area (TPSA) is 55.6 Å². The quantitative estimate of drug-likeness (QED) is 0.664. The maximum Gasteiger partial charge on any atom is 0.251 e. The first-order valence-electron chi connectivity index (χ1n) is 5.90. The minimum Gasteiger partial charge on any atom is -0.368 e. The second kappa shape index (κ2) is 6.80. The Bertz CT molecular complexity index is 191. The Morgan fingerprint density at radius 2 is 2.33 bits per heavy atom. The highest BCUT2D eigenvalue weighted by Crippen LogP contribution is 2.14. The second-order valence-corrected chi connectivity index (χ2v) is 3.92. The number of carbonyl (C=O) groups is 1. The molecule has 0 aliphatic carbocycles. The number of likely N-dealkylation sites (N-methyl/N-ethyl adjacent to an activating group) is 1. The minimum absolute atomic E-state index is 0.159. The van der Waals surface area contributed by atoms with E-state index in [0.29, 0.717) is 6.54 Å². The van der Waals surface area contributed by atoms with Crippen LogP contribution < -0.4 is 5.73 Å². The fourth-order valence-corrected chi connectivity index (χ4v) is 1.85. The van der Waals surface area contributed by atoms with E-state index in [9.17, 15) is 4.79 Å². The summed E-state index contributed by atoms with van der Waals surface area (Å²) in [5, 5.41) is 0. The molecule has 88 valence electrons. The van der Waals surface area contributed by atoms with Gasteiger partial charge in [0.1, 0.15) is 6.10 Å². The molecule has 0 aromatic rings. The van der Waals surface area contributed by atoms with Crippen LogP contribution >= 0.6 is 0 Å². The Kier molecular flexibility index (Phi) is 5.65. The molecule has 1 aliphatic heterocycles. The van der Waals surface area contributed by atoms with Gasteiger partial charge >= 0.3 is 0 Å². The molecule has 2 N–H and O–H groups in total. The lowest BCUT2D eigenvalue weighted by molar-refractivity contribution is -0.140. The highest BCUT2D eigenvalue weighted by atomic mass is 16.5. The molecule has 4 heteroatoms. The molecule has 0 spiro atoms. The number of carbonyl (C=O) groups excluding carboxylic acids is 1. The fourth-order valence-electron chi connectivity index (χ4n) is 1.85. The highest BCUT2D eigenvalue weighted by molar-refractivity contribution is 5.81. The summed E-state index contributed by atoms with van der Waals surface area (Å²) >= 11 is 0. The van der Waals surface area contributed by atoms with Crippen molar-refractivity contribution in [3.63, 3.8) is 0 Å². The van der Waals surface area contributed by atoms with E-state index in [-0.39, 0.29) is 12.0 Å². The number of amides is 1. The maximum absolute atomic E-state index is 11.9. The van der Waals surface area contributed by atoms with E-state index in [1.54, 1.807) is 0 Å². The molecule has 1 saturated heterocycles. The predicted octanol–water partition coefficient (Wildman–Crippen LogP) is 0.753. The molecule has 1 heterocycles. The van der Waals surface area contributed by atoms with Gasteiger partial charge in [0.25, 0.3) is 5.91 Å². The number of nitrogens with two attached hydrogens (primary N) is 1. The molecule has 0 radical (unpaired) electrons. The first-order chi connectivity index (χ1) is 7.29. The maximum atomic E-state index is 11.9. The number of hydrogen-bond donors (Lipinski definition) is 1. The SMILES string of the molecule is CCN(CCCCN)C(=O)C1CCCO1. The van der Waals surface area contributed by atoms with Gasteiger partial charge in [0.15, 0.2) is 0 Å². The number of hydrogen-bond acceptors (Lipinski definition) is 3. The first-order valence-corrected chi connectivity index (χ1v) is 5.90. The van der Waals surface area contributed by atoms with Crippen molar-refractivity contribution < 1.29 is 9.53 Å². The van der Waals surface area contributed by atoms with Crippen molar-refractivity contribution in [2.75, 3.05) is 26.2 Å². The van der Waals surface area contributed by atoms with E-state index in [1.165, 1.54) is 0 Å². The van der Waals surface area contributed by atoms with E-state index in [2.05, 4.69) is 0 Å². The van der Waals surface area contributed by atoms with Crippen LogP contribution in [0.2, 0.25) is 0 Å². The minimum atomic E-state index is -0.178. The summed E-state index contributed by atoms with van der Waals surface area (Å²) in [5.41, 5.74) is 5.43. The summed E-state index contributed by atoms with van der Waals surface area (Å²) in [6.07, 6.45) is 3.68. The Morgan fingerprint density at radius 1 is 1.53 bits per heavy atom. The standard InChI is InChI=1S/C11H22N2O2/c1-2-13(8-4-3-7-12)11(14)10-6-5-9-15-10/h10H,2-9,12H2,1H3. The summed E-state index contributed by atoms with van der Waals surface area (Å²) in [4.78, 5) is 13.8. The molecule has 15 heavy (non-hydrogen) atoms. The predicted molar refractivity (Wildman–Crippen MR) is 59.5 cm³/mol. The van der Waals surface area contributed by atoms with Crippen LogP contribution in [0.4, 0.5) is 0 Å². The van der Waals surface area contributed by atoms with Crippen molar-refractivity contribution in [1.29, 1.82) is 0 Å². The molecule has 0 aromatic heterocycles. The van der Waals surface area contributed by atoms with Gasteiger partial charge in [-0.05, 0) is 39.2 Å². The van der Waals surface area contributed by atoms with Crippen molar-refractivity contribution >= 4 is 5.91 Å². The summed E-state index contributed by atoms with van der Waals surface area (Å²) in [6.45, 7) is 5.02. The molecule has 4 nitrogen and oxygen atoms in total. The van der Waals surface area contributed by atoms with Crippen LogP contribution in [-0.2, 0) is 9.53 Å². The molecule has 1 aliphatic rings. The molecule has 1 amide bonds. The van der Waals surface area contributed by atoms with Gasteiger partial charge in [-0.1, -0.05) is 0 Å². The van der Waals surface area contributed by atoms with Crippen molar-refractivity contribution in [2.24, 2.45) is 5.73 Å². The van der Waals surface area contributed by atoms with Crippen LogP contribution in [0.3, 0.4) is 0 Å². The highest BCUT2D eigenvalue weighted by Gasteiger charge is 2.26. The monoisotopic (exact) mass is 214 g/mol. The van der Waals surface area contributed by atoms with Gasteiger partial charge in [-0.2, -0.15) is 0 Å². The molecule has 0 saturated carbocycles. The molecule has 1 unspecified atom stereocenters. The number of ether oxygens (including phenoxy) is 1. The Balaban J connectivity index is 2.32. The fraction of sp³-hybridized carbons (Fsp3) is 0.909. The van der Waals surface area contributed by atoms with Crippen LogP contribution in [0.1, 0.15) is 32.6 Å². The third-order valence-corrected chi connectivity index (χ3v) is 2.78. The van der Waals surface area contributed by atoms with Crippen molar-refractivity contribution in [1.82, 2.24) is 4.90 Å². The third kappa shape index (κ3) is 3.80. The molecule has 1 atom stereocenters. The van der Waals surface area contributed by atoms with Gasteiger partial charge in [-0.15, -0.1) is 0 Å². The first kappa shape index (κ1) is 12.5. The van der Waals surface area contributed by atoms with E-state index >= 15 is 0 Å². The summed E-state index contributed by atoms with van der Waals surface area (Å²) in [6, 6.07) is 0. The van der Waals surface area contributed by atoms with Crippen molar-refractivity contribution in [3.8, 4) is 0 Å². The van der Waals surface area contributed by atoms with Gasteiger partial charge in [0.2, 0.25) is 0 Å². The van der Waals surface area contributed by atoms with Crippen LogP contribution in [0, 0.1) is 0 Å². The summed E-state index contributed by atoms with van der Waals surface area (Å²) in [7, 11) is 0. The number of nitrogens with zero attached hydrogens (tertiary/aromatic N) is 1. The van der Waals surface area contributed by atoms with Crippen LogP contribution in [0.5, 0.6) is 0 Å². The van der Waals surface area contributed by atoms with Gasteiger partial charge in [-0.3, -0.25) is 4.79 Å². The van der Waals surface area contributed by atoms with Gasteiger partial charge in [0.05, 0.1) is 0 Å². The van der Waals surface area contributed by atoms with Gasteiger partial charge in [-0.25, -0.2) is 0 Å². The Labute approximate surface area is 91.8 Å². The number of unbranched alkanes of at least 4 members (excludes halogenated alkanes) is 1. The Hall–Kier alpha value is -0.610. The van der Waals surface area contributed by atoms with E-state index in [4.69, 9.17) is 10.5 Å². The van der Waals surface area contributed by atoms with Crippen LogP contribution in [0.25, 0.3) is 0 Å². The lowest BCUT2D eigenvalue weighted by Crippen LogP contribution is -2.39. The van der Waals surface area contributed by atoms with Crippen molar-refractivity contribution in [3.05, 3.63) is 0 Å². The van der Waals surface area contributed by atoms with Gasteiger partial charge < -0.3 is 15.4 Å². The largest absolute Gasteiger partial charge is 0.368 e. The summed E-state index contributed by atoms with van der Waals surface area (Å²) in [5.74, 6) is 0.159. The van der Waals surface area contributed by atoms with E-state index in [1.807, 2.05) is 11.8 Å².